The molecule has 1 saturated carbocycles. The Morgan fingerprint density at radius 3 is 2.87 bits per heavy atom. The van der Waals surface area contributed by atoms with Crippen LogP contribution in [0.2, 0.25) is 0 Å². The largest absolute Gasteiger partial charge is 0.418 e. The van der Waals surface area contributed by atoms with Crippen molar-refractivity contribution in [3.63, 3.8) is 0 Å². The van der Waals surface area contributed by atoms with Crippen molar-refractivity contribution in [2.75, 3.05) is 5.32 Å². The zero-order valence-corrected chi connectivity index (χ0v) is 13.0. The van der Waals surface area contributed by atoms with Crippen LogP contribution in [0.25, 0.3) is 11.5 Å². The summed E-state index contributed by atoms with van der Waals surface area (Å²) >= 11 is 0. The summed E-state index contributed by atoms with van der Waals surface area (Å²) in [7, 11) is 0. The summed E-state index contributed by atoms with van der Waals surface area (Å²) in [6.45, 7) is 3.01. The lowest BCUT2D eigenvalue weighted by molar-refractivity contribution is 0.485. The summed E-state index contributed by atoms with van der Waals surface area (Å²) < 4.78 is 7.77. The molecule has 0 aliphatic heterocycles. The van der Waals surface area contributed by atoms with Crippen molar-refractivity contribution in [3.05, 3.63) is 48.6 Å². The van der Waals surface area contributed by atoms with E-state index in [9.17, 15) is 0 Å². The van der Waals surface area contributed by atoms with Crippen LogP contribution in [0, 0.1) is 5.92 Å². The predicted octanol–water partition coefficient (Wildman–Crippen LogP) is 3.52. The van der Waals surface area contributed by atoms with E-state index < -0.39 is 0 Å². The second-order valence-corrected chi connectivity index (χ2v) is 6.07. The summed E-state index contributed by atoms with van der Waals surface area (Å²) in [4.78, 5) is 0. The van der Waals surface area contributed by atoms with Crippen LogP contribution in [-0.2, 0) is 6.54 Å². The number of nitrogens with zero attached hydrogens (tertiary/aromatic N) is 4. The van der Waals surface area contributed by atoms with Gasteiger partial charge in [-0.2, -0.15) is 5.10 Å². The average molecular weight is 309 g/mol. The SMILES string of the molecule is CC(Nc1cnn(CC2CC2)c1)c1nnc(-c2ccccc2)o1. The first-order valence-electron chi connectivity index (χ1n) is 7.96. The Hall–Kier alpha value is -2.63. The molecule has 118 valence electrons. The maximum atomic E-state index is 5.77. The second kappa shape index (κ2) is 5.87. The van der Waals surface area contributed by atoms with E-state index in [1.54, 1.807) is 0 Å². The zero-order valence-electron chi connectivity index (χ0n) is 13.0. The van der Waals surface area contributed by atoms with Gasteiger partial charge in [-0.15, -0.1) is 10.2 Å². The van der Waals surface area contributed by atoms with Gasteiger partial charge in [0.25, 0.3) is 0 Å². The highest BCUT2D eigenvalue weighted by molar-refractivity contribution is 5.52. The minimum atomic E-state index is -0.0708. The third kappa shape index (κ3) is 3.26. The molecule has 0 spiro atoms. The van der Waals surface area contributed by atoms with E-state index in [-0.39, 0.29) is 6.04 Å². The summed E-state index contributed by atoms with van der Waals surface area (Å²) in [5, 5.41) is 16.0. The molecule has 6 heteroatoms. The molecule has 0 saturated heterocycles. The highest BCUT2D eigenvalue weighted by Gasteiger charge is 2.22. The number of hydrogen-bond donors (Lipinski definition) is 1. The van der Waals surface area contributed by atoms with Crippen molar-refractivity contribution in [3.8, 4) is 11.5 Å². The van der Waals surface area contributed by atoms with Crippen LogP contribution in [-0.4, -0.2) is 20.0 Å². The van der Waals surface area contributed by atoms with E-state index in [1.807, 2.05) is 54.3 Å². The molecule has 1 aliphatic carbocycles. The molecule has 1 aromatic carbocycles. The van der Waals surface area contributed by atoms with Gasteiger partial charge in [0.15, 0.2) is 0 Å². The van der Waals surface area contributed by atoms with Crippen LogP contribution < -0.4 is 5.32 Å². The van der Waals surface area contributed by atoms with Crippen molar-refractivity contribution in [2.24, 2.45) is 5.92 Å². The lowest BCUT2D eigenvalue weighted by atomic mass is 10.2. The van der Waals surface area contributed by atoms with Crippen LogP contribution >= 0.6 is 0 Å². The summed E-state index contributed by atoms with van der Waals surface area (Å²) in [5.41, 5.74) is 1.90. The highest BCUT2D eigenvalue weighted by atomic mass is 16.4. The van der Waals surface area contributed by atoms with Crippen LogP contribution in [0.1, 0.15) is 31.7 Å². The topological polar surface area (TPSA) is 68.8 Å². The fourth-order valence-electron chi connectivity index (χ4n) is 2.52. The van der Waals surface area contributed by atoms with E-state index >= 15 is 0 Å². The number of anilines is 1. The minimum absolute atomic E-state index is 0.0708. The van der Waals surface area contributed by atoms with E-state index in [4.69, 9.17) is 4.42 Å². The molecular formula is C17H19N5O. The molecule has 1 N–H and O–H groups in total. The van der Waals surface area contributed by atoms with E-state index in [0.717, 1.165) is 23.7 Å². The standard InChI is InChI=1S/C17H19N5O/c1-12(19-15-9-18-22(11-15)10-13-7-8-13)16-20-21-17(23-16)14-5-3-2-4-6-14/h2-6,9,11-13,19H,7-8,10H2,1H3. The number of nitrogens with one attached hydrogen (secondary N) is 1. The fourth-order valence-corrected chi connectivity index (χ4v) is 2.52. The quantitative estimate of drug-likeness (QED) is 0.754. The summed E-state index contributed by atoms with van der Waals surface area (Å²) in [5.74, 6) is 1.92. The molecule has 1 atom stereocenters. The van der Waals surface area contributed by atoms with Gasteiger partial charge in [-0.3, -0.25) is 4.68 Å². The molecule has 0 radical (unpaired) electrons. The Bertz CT molecular complexity index is 775. The predicted molar refractivity (Wildman–Crippen MR) is 86.7 cm³/mol. The van der Waals surface area contributed by atoms with Crippen LogP contribution in [0.3, 0.4) is 0 Å². The van der Waals surface area contributed by atoms with Crippen LogP contribution in [0.15, 0.2) is 47.1 Å². The molecule has 1 fully saturated rings. The van der Waals surface area contributed by atoms with Gasteiger partial charge in [0, 0.05) is 18.3 Å². The maximum absolute atomic E-state index is 5.77. The Morgan fingerprint density at radius 1 is 1.26 bits per heavy atom. The third-order valence-electron chi connectivity index (χ3n) is 3.99. The number of aromatic nitrogens is 4. The molecular weight excluding hydrogens is 290 g/mol. The third-order valence-corrected chi connectivity index (χ3v) is 3.99. The number of benzene rings is 1. The molecule has 1 unspecified atom stereocenters. The average Bonchev–Trinajstić information content (AvgIpc) is 3.07. The van der Waals surface area contributed by atoms with Crippen LogP contribution in [0.5, 0.6) is 0 Å². The summed E-state index contributed by atoms with van der Waals surface area (Å²) in [6.07, 6.45) is 6.52. The lowest BCUT2D eigenvalue weighted by Gasteiger charge is -2.08. The van der Waals surface area contributed by atoms with E-state index in [1.165, 1.54) is 12.8 Å². The van der Waals surface area contributed by atoms with Crippen molar-refractivity contribution >= 4 is 5.69 Å². The zero-order chi connectivity index (χ0) is 15.6. The van der Waals surface area contributed by atoms with Crippen molar-refractivity contribution < 1.29 is 4.42 Å². The molecule has 0 bridgehead atoms. The van der Waals surface area contributed by atoms with Crippen molar-refractivity contribution in [1.82, 2.24) is 20.0 Å². The molecule has 1 aliphatic rings. The van der Waals surface area contributed by atoms with Crippen LogP contribution in [0.4, 0.5) is 5.69 Å². The first kappa shape index (κ1) is 14.0. The Kier molecular flexibility index (Phi) is 3.57. The molecule has 23 heavy (non-hydrogen) atoms. The Morgan fingerprint density at radius 2 is 2.09 bits per heavy atom. The highest BCUT2D eigenvalue weighted by Crippen LogP contribution is 2.30. The van der Waals surface area contributed by atoms with Gasteiger partial charge in [0.2, 0.25) is 11.8 Å². The first-order chi connectivity index (χ1) is 11.3. The maximum Gasteiger partial charge on any atom is 0.247 e. The van der Waals surface area contributed by atoms with Gasteiger partial charge in [0.1, 0.15) is 6.04 Å². The minimum Gasteiger partial charge on any atom is -0.418 e. The van der Waals surface area contributed by atoms with E-state index in [0.29, 0.717) is 11.8 Å². The monoisotopic (exact) mass is 309 g/mol. The van der Waals surface area contributed by atoms with Gasteiger partial charge in [-0.1, -0.05) is 18.2 Å². The fraction of sp³-hybridized carbons (Fsp3) is 0.353. The number of rotatable bonds is 6. The molecule has 0 amide bonds. The Balaban J connectivity index is 1.43. The molecule has 3 aromatic rings. The molecule has 4 rings (SSSR count). The van der Waals surface area contributed by atoms with Gasteiger partial charge >= 0.3 is 0 Å². The van der Waals surface area contributed by atoms with Crippen molar-refractivity contribution in [2.45, 2.75) is 32.4 Å². The Labute approximate surface area is 134 Å². The molecule has 6 nitrogen and oxygen atoms in total. The van der Waals surface area contributed by atoms with Gasteiger partial charge < -0.3 is 9.73 Å². The molecule has 2 heterocycles. The summed E-state index contributed by atoms with van der Waals surface area (Å²) in [6, 6.07) is 9.71. The van der Waals surface area contributed by atoms with Gasteiger partial charge in [-0.05, 0) is 37.8 Å². The molecule has 2 aromatic heterocycles. The second-order valence-electron chi connectivity index (χ2n) is 6.07. The van der Waals surface area contributed by atoms with Crippen molar-refractivity contribution in [1.29, 1.82) is 0 Å². The lowest BCUT2D eigenvalue weighted by Crippen LogP contribution is -2.06. The number of hydrogen-bond acceptors (Lipinski definition) is 5. The smallest absolute Gasteiger partial charge is 0.247 e. The van der Waals surface area contributed by atoms with E-state index in [2.05, 4.69) is 20.6 Å². The van der Waals surface area contributed by atoms with Gasteiger partial charge in [0.05, 0.1) is 11.9 Å². The normalized spacial score (nSPS) is 15.5. The first-order valence-corrected chi connectivity index (χ1v) is 7.96. The van der Waals surface area contributed by atoms with Gasteiger partial charge in [-0.25, -0.2) is 0 Å².